The molecule has 2 aliphatic carbocycles. The number of aromatic nitrogens is 1. The van der Waals surface area contributed by atoms with Crippen molar-refractivity contribution in [3.8, 4) is 11.3 Å². The van der Waals surface area contributed by atoms with Gasteiger partial charge in [0.1, 0.15) is 11.5 Å². The Morgan fingerprint density at radius 2 is 1.81 bits per heavy atom. The molecule has 146 valence electrons. The van der Waals surface area contributed by atoms with Gasteiger partial charge in [0.15, 0.2) is 5.82 Å². The monoisotopic (exact) mass is 374 g/mol. The number of nitrogens with two attached hydrogens (primary N) is 1. The van der Waals surface area contributed by atoms with Crippen molar-refractivity contribution in [1.29, 1.82) is 0 Å². The number of nitrogens with zero attached hydrogens (tertiary/aromatic N) is 1. The largest absolute Gasteiger partial charge is 0.385 e. The lowest BCUT2D eigenvalue weighted by Crippen LogP contribution is -2.35. The summed E-state index contributed by atoms with van der Waals surface area (Å²) in [5, 5.41) is 10.8. The van der Waals surface area contributed by atoms with Crippen LogP contribution in [0.1, 0.15) is 63.1 Å². The number of benzene rings is 1. The predicted octanol–water partition coefficient (Wildman–Crippen LogP) is 4.88. The molecule has 0 spiro atoms. The van der Waals surface area contributed by atoms with Gasteiger partial charge in [-0.15, -0.1) is 0 Å². The fourth-order valence-electron chi connectivity index (χ4n) is 3.71. The highest BCUT2D eigenvalue weighted by atomic mass is 19.1. The molecule has 3 nitrogen and oxygen atoms in total. The lowest BCUT2D eigenvalue weighted by molar-refractivity contribution is -0.0417. The molecular weight excluding hydrogens is 346 g/mol. The third-order valence-electron chi connectivity index (χ3n) is 5.60. The van der Waals surface area contributed by atoms with Gasteiger partial charge < -0.3 is 10.8 Å². The molecule has 2 aliphatic rings. The normalized spacial score (nSPS) is 18.9. The standard InChI is InChI=1S/C20H22F2N2O.C2H6/c21-14-6-4-13(5-7-14)19-18(22)16(20(25)8-1-9-20)10-17(24-19)15(11-23)12-2-3-12;1-2/h4-7,10,12,15,25H,1-3,8-9,11,23H2;1-2H3. The van der Waals surface area contributed by atoms with E-state index in [0.717, 1.165) is 25.0 Å². The molecule has 0 radical (unpaired) electrons. The van der Waals surface area contributed by atoms with Crippen LogP contribution in [0.25, 0.3) is 11.3 Å². The van der Waals surface area contributed by atoms with Crippen LogP contribution in [0.3, 0.4) is 0 Å². The van der Waals surface area contributed by atoms with Crippen LogP contribution in [-0.4, -0.2) is 16.6 Å². The van der Waals surface area contributed by atoms with Crippen molar-refractivity contribution in [2.24, 2.45) is 11.7 Å². The highest BCUT2D eigenvalue weighted by Crippen LogP contribution is 2.46. The summed E-state index contributed by atoms with van der Waals surface area (Å²) in [6.07, 6.45) is 4.18. The third kappa shape index (κ3) is 3.90. The molecule has 1 atom stereocenters. The smallest absolute Gasteiger partial charge is 0.155 e. The lowest BCUT2D eigenvalue weighted by atomic mass is 9.74. The zero-order valence-corrected chi connectivity index (χ0v) is 16.0. The Balaban J connectivity index is 0.00000102. The van der Waals surface area contributed by atoms with Crippen LogP contribution in [0.5, 0.6) is 0 Å². The van der Waals surface area contributed by atoms with E-state index in [4.69, 9.17) is 5.73 Å². The summed E-state index contributed by atoms with van der Waals surface area (Å²) in [4.78, 5) is 4.55. The SMILES string of the molecule is CC.NCC(c1cc(C2(O)CCC2)c(F)c(-c2ccc(F)cc2)n1)C1CC1. The minimum Gasteiger partial charge on any atom is -0.385 e. The Kier molecular flexibility index (Phi) is 5.92. The summed E-state index contributed by atoms with van der Waals surface area (Å²) in [6.45, 7) is 4.45. The number of hydrogen-bond acceptors (Lipinski definition) is 3. The van der Waals surface area contributed by atoms with E-state index >= 15 is 4.39 Å². The molecule has 5 heteroatoms. The number of rotatable bonds is 5. The first-order valence-corrected chi connectivity index (χ1v) is 9.91. The second-order valence-corrected chi connectivity index (χ2v) is 7.33. The van der Waals surface area contributed by atoms with Gasteiger partial charge in [0.05, 0.1) is 5.60 Å². The van der Waals surface area contributed by atoms with E-state index in [-0.39, 0.29) is 17.4 Å². The third-order valence-corrected chi connectivity index (χ3v) is 5.60. The molecular formula is C22H28F2N2O. The van der Waals surface area contributed by atoms with E-state index in [1.165, 1.54) is 24.3 Å². The molecule has 2 fully saturated rings. The van der Waals surface area contributed by atoms with Gasteiger partial charge in [0.25, 0.3) is 0 Å². The van der Waals surface area contributed by atoms with E-state index in [0.29, 0.717) is 36.4 Å². The molecule has 2 saturated carbocycles. The molecule has 1 aromatic heterocycles. The van der Waals surface area contributed by atoms with Gasteiger partial charge in [-0.3, -0.25) is 0 Å². The molecule has 1 heterocycles. The molecule has 3 N–H and O–H groups in total. The van der Waals surface area contributed by atoms with Crippen molar-refractivity contribution in [2.45, 2.75) is 57.5 Å². The van der Waals surface area contributed by atoms with Crippen molar-refractivity contribution >= 4 is 0 Å². The van der Waals surface area contributed by atoms with Gasteiger partial charge in [-0.25, -0.2) is 13.8 Å². The Labute approximate surface area is 159 Å². The maximum absolute atomic E-state index is 15.2. The first-order chi connectivity index (χ1) is 13.0. The van der Waals surface area contributed by atoms with Crippen LogP contribution in [0.15, 0.2) is 30.3 Å². The van der Waals surface area contributed by atoms with Crippen LogP contribution in [0, 0.1) is 17.6 Å². The Morgan fingerprint density at radius 3 is 2.30 bits per heavy atom. The molecule has 0 bridgehead atoms. The molecule has 1 aromatic carbocycles. The summed E-state index contributed by atoms with van der Waals surface area (Å²) in [5.41, 5.74) is 6.55. The minimum atomic E-state index is -1.13. The van der Waals surface area contributed by atoms with E-state index < -0.39 is 11.4 Å². The van der Waals surface area contributed by atoms with Gasteiger partial charge in [0, 0.05) is 29.3 Å². The van der Waals surface area contributed by atoms with Crippen molar-refractivity contribution in [2.75, 3.05) is 6.54 Å². The molecule has 0 saturated heterocycles. The second kappa shape index (κ2) is 8.03. The maximum Gasteiger partial charge on any atom is 0.155 e. The average molecular weight is 374 g/mol. The molecule has 27 heavy (non-hydrogen) atoms. The van der Waals surface area contributed by atoms with Crippen LogP contribution >= 0.6 is 0 Å². The zero-order chi connectivity index (χ0) is 19.6. The number of halogens is 2. The zero-order valence-electron chi connectivity index (χ0n) is 16.0. The van der Waals surface area contributed by atoms with Gasteiger partial charge in [-0.2, -0.15) is 0 Å². The van der Waals surface area contributed by atoms with E-state index in [1.807, 2.05) is 13.8 Å². The minimum absolute atomic E-state index is 0.0715. The quantitative estimate of drug-likeness (QED) is 0.784. The van der Waals surface area contributed by atoms with Crippen molar-refractivity contribution in [1.82, 2.24) is 4.98 Å². The van der Waals surface area contributed by atoms with Crippen LogP contribution in [0.2, 0.25) is 0 Å². The summed E-state index contributed by atoms with van der Waals surface area (Å²) < 4.78 is 28.4. The topological polar surface area (TPSA) is 59.1 Å². The lowest BCUT2D eigenvalue weighted by Gasteiger charge is -2.38. The fourth-order valence-corrected chi connectivity index (χ4v) is 3.71. The molecule has 2 aromatic rings. The van der Waals surface area contributed by atoms with Crippen molar-refractivity contribution in [3.05, 3.63) is 53.2 Å². The van der Waals surface area contributed by atoms with E-state index in [1.54, 1.807) is 6.07 Å². The Hall–Kier alpha value is -1.85. The number of hydrogen-bond donors (Lipinski definition) is 2. The Morgan fingerprint density at radius 1 is 1.19 bits per heavy atom. The predicted molar refractivity (Wildman–Crippen MR) is 103 cm³/mol. The second-order valence-electron chi connectivity index (χ2n) is 7.33. The summed E-state index contributed by atoms with van der Waals surface area (Å²) in [6, 6.07) is 7.34. The Bertz CT molecular complexity index is 784. The van der Waals surface area contributed by atoms with Crippen LogP contribution < -0.4 is 5.73 Å². The van der Waals surface area contributed by atoms with Crippen LogP contribution in [-0.2, 0) is 5.60 Å². The van der Waals surface area contributed by atoms with Gasteiger partial charge in [0.2, 0.25) is 0 Å². The summed E-state index contributed by atoms with van der Waals surface area (Å²) in [5.74, 6) is -0.338. The summed E-state index contributed by atoms with van der Waals surface area (Å²) >= 11 is 0. The van der Waals surface area contributed by atoms with Gasteiger partial charge in [-0.05, 0) is 68.4 Å². The van der Waals surface area contributed by atoms with Crippen molar-refractivity contribution < 1.29 is 13.9 Å². The van der Waals surface area contributed by atoms with E-state index in [9.17, 15) is 9.50 Å². The highest BCUT2D eigenvalue weighted by Gasteiger charge is 2.41. The number of pyridine rings is 1. The number of aliphatic hydroxyl groups is 1. The molecule has 4 rings (SSSR count). The van der Waals surface area contributed by atoms with Gasteiger partial charge in [-0.1, -0.05) is 13.8 Å². The highest BCUT2D eigenvalue weighted by molar-refractivity contribution is 5.62. The molecule has 0 amide bonds. The van der Waals surface area contributed by atoms with Gasteiger partial charge >= 0.3 is 0 Å². The van der Waals surface area contributed by atoms with E-state index in [2.05, 4.69) is 4.98 Å². The van der Waals surface area contributed by atoms with Crippen LogP contribution in [0.4, 0.5) is 8.78 Å². The fraction of sp³-hybridized carbons (Fsp3) is 0.500. The average Bonchev–Trinajstić information content (AvgIpc) is 3.49. The summed E-state index contributed by atoms with van der Waals surface area (Å²) in [7, 11) is 0. The molecule has 1 unspecified atom stereocenters. The first-order valence-electron chi connectivity index (χ1n) is 9.91. The first kappa shape index (κ1) is 19.9. The van der Waals surface area contributed by atoms with Crippen molar-refractivity contribution in [3.63, 3.8) is 0 Å². The molecule has 0 aliphatic heterocycles. The maximum atomic E-state index is 15.2.